The van der Waals surface area contributed by atoms with Crippen LogP contribution in [0.4, 0.5) is 10.1 Å². The van der Waals surface area contributed by atoms with E-state index in [1.54, 1.807) is 25.4 Å². The van der Waals surface area contributed by atoms with Gasteiger partial charge in [0.2, 0.25) is 0 Å². The van der Waals surface area contributed by atoms with E-state index < -0.39 is 0 Å². The lowest BCUT2D eigenvalue weighted by atomic mass is 10.0. The Hall–Kier alpha value is -2.41. The van der Waals surface area contributed by atoms with Crippen LogP contribution in [-0.2, 0) is 7.05 Å². The van der Waals surface area contributed by atoms with Gasteiger partial charge in [-0.25, -0.2) is 4.39 Å². The van der Waals surface area contributed by atoms with E-state index in [1.165, 1.54) is 16.8 Å². The number of aryl methyl sites for hydroxylation is 1. The minimum atomic E-state index is -0.361. The molecule has 0 aliphatic carbocycles. The van der Waals surface area contributed by atoms with Gasteiger partial charge in [0.15, 0.2) is 0 Å². The van der Waals surface area contributed by atoms with Gasteiger partial charge in [-0.15, -0.1) is 0 Å². The van der Waals surface area contributed by atoms with E-state index in [2.05, 4.69) is 15.3 Å². The van der Waals surface area contributed by atoms with Crippen molar-refractivity contribution in [1.82, 2.24) is 15.1 Å². The van der Waals surface area contributed by atoms with Crippen LogP contribution in [0.3, 0.4) is 0 Å². The summed E-state index contributed by atoms with van der Waals surface area (Å²) in [7, 11) is 1.70. The maximum atomic E-state index is 13.8. The molecule has 0 radical (unpaired) electrons. The van der Waals surface area contributed by atoms with Crippen molar-refractivity contribution < 1.29 is 14.3 Å². The van der Waals surface area contributed by atoms with Gasteiger partial charge in [-0.05, 0) is 44.0 Å². The van der Waals surface area contributed by atoms with Crippen LogP contribution in [0, 0.1) is 5.82 Å². The number of aliphatic hydroxyl groups is 1. The molecule has 1 aromatic heterocycles. The quantitative estimate of drug-likeness (QED) is 0.888. The molecule has 1 saturated heterocycles. The van der Waals surface area contributed by atoms with Crippen molar-refractivity contribution in [3.63, 3.8) is 0 Å². The Labute approximate surface area is 146 Å². The summed E-state index contributed by atoms with van der Waals surface area (Å²) in [5.74, 6) is -0.589. The van der Waals surface area contributed by atoms with E-state index >= 15 is 0 Å². The lowest BCUT2D eigenvalue weighted by Crippen LogP contribution is -2.37. The van der Waals surface area contributed by atoms with Crippen molar-refractivity contribution in [1.29, 1.82) is 0 Å². The summed E-state index contributed by atoms with van der Waals surface area (Å²) < 4.78 is 15.3. The minimum Gasteiger partial charge on any atom is -0.393 e. The van der Waals surface area contributed by atoms with Crippen LogP contribution >= 0.6 is 0 Å². The predicted octanol–water partition coefficient (Wildman–Crippen LogP) is 2.01. The second kappa shape index (κ2) is 7.23. The molecule has 1 aliphatic heterocycles. The van der Waals surface area contributed by atoms with Crippen molar-refractivity contribution in [2.24, 2.45) is 7.05 Å². The number of benzene rings is 1. The highest BCUT2D eigenvalue weighted by Gasteiger charge is 2.23. The number of aromatic nitrogens is 2. The summed E-state index contributed by atoms with van der Waals surface area (Å²) in [5.41, 5.74) is 2.07. The van der Waals surface area contributed by atoms with Gasteiger partial charge in [-0.3, -0.25) is 9.48 Å². The smallest absolute Gasteiger partial charge is 0.270 e. The number of carbonyl (C=O) groups is 1. The maximum absolute atomic E-state index is 13.8. The van der Waals surface area contributed by atoms with Crippen molar-refractivity contribution in [2.45, 2.75) is 31.9 Å². The standard InChI is InChI=1S/C18H23FN4O2/c1-12(21-18(25)17-5-8-20-22(17)2)15-11-13(19)3-4-16(15)23-9-6-14(24)7-10-23/h3-5,8,11-12,14,24H,6-7,9-10H2,1-2H3,(H,21,25). The number of rotatable bonds is 4. The molecule has 1 aromatic carbocycles. The van der Waals surface area contributed by atoms with Crippen molar-refractivity contribution in [3.8, 4) is 0 Å². The largest absolute Gasteiger partial charge is 0.393 e. The third kappa shape index (κ3) is 3.82. The third-order valence-electron chi connectivity index (χ3n) is 4.66. The number of piperidine rings is 1. The van der Waals surface area contributed by atoms with Gasteiger partial charge >= 0.3 is 0 Å². The zero-order valence-corrected chi connectivity index (χ0v) is 14.4. The van der Waals surface area contributed by atoms with Crippen LogP contribution in [0.15, 0.2) is 30.5 Å². The molecule has 2 heterocycles. The Morgan fingerprint density at radius 3 is 2.72 bits per heavy atom. The number of aliphatic hydroxyl groups excluding tert-OH is 1. The average Bonchev–Trinajstić information content (AvgIpc) is 3.02. The highest BCUT2D eigenvalue weighted by molar-refractivity contribution is 5.92. The van der Waals surface area contributed by atoms with E-state index in [-0.39, 0.29) is 23.9 Å². The van der Waals surface area contributed by atoms with Crippen LogP contribution in [-0.4, -0.2) is 40.0 Å². The van der Waals surface area contributed by atoms with E-state index in [9.17, 15) is 14.3 Å². The van der Waals surface area contributed by atoms with Crippen LogP contribution in [0.25, 0.3) is 0 Å². The summed E-state index contributed by atoms with van der Waals surface area (Å²) in [4.78, 5) is 14.5. The van der Waals surface area contributed by atoms with E-state index in [0.717, 1.165) is 11.3 Å². The maximum Gasteiger partial charge on any atom is 0.270 e. The molecule has 6 nitrogen and oxygen atoms in total. The zero-order valence-electron chi connectivity index (χ0n) is 14.4. The number of halogens is 1. The second-order valence-electron chi connectivity index (χ2n) is 6.46. The number of hydrogen-bond acceptors (Lipinski definition) is 4. The van der Waals surface area contributed by atoms with E-state index in [4.69, 9.17) is 0 Å². The summed E-state index contributed by atoms with van der Waals surface area (Å²) in [6, 6.07) is 5.92. The Morgan fingerprint density at radius 2 is 2.08 bits per heavy atom. The first-order valence-corrected chi connectivity index (χ1v) is 8.47. The Morgan fingerprint density at radius 1 is 1.36 bits per heavy atom. The summed E-state index contributed by atoms with van der Waals surface area (Å²) in [6.45, 7) is 3.26. The lowest BCUT2D eigenvalue weighted by Gasteiger charge is -2.34. The monoisotopic (exact) mass is 346 g/mol. The number of nitrogens with one attached hydrogen (secondary N) is 1. The molecule has 1 atom stereocenters. The SMILES string of the molecule is CC(NC(=O)c1ccnn1C)c1cc(F)ccc1N1CCC(O)CC1. The third-order valence-corrected chi connectivity index (χ3v) is 4.66. The molecule has 25 heavy (non-hydrogen) atoms. The minimum absolute atomic E-state index is 0.253. The van der Waals surface area contributed by atoms with Gasteiger partial charge in [0.1, 0.15) is 11.5 Å². The van der Waals surface area contributed by atoms with Crippen LogP contribution in [0.5, 0.6) is 0 Å². The average molecular weight is 346 g/mol. The molecule has 2 aromatic rings. The Bertz CT molecular complexity index is 753. The fourth-order valence-corrected chi connectivity index (χ4v) is 3.21. The fourth-order valence-electron chi connectivity index (χ4n) is 3.21. The number of anilines is 1. The highest BCUT2D eigenvalue weighted by atomic mass is 19.1. The van der Waals surface area contributed by atoms with Crippen LogP contribution in [0.1, 0.15) is 41.9 Å². The first-order chi connectivity index (χ1) is 12.0. The molecular weight excluding hydrogens is 323 g/mol. The molecule has 0 spiro atoms. The molecule has 134 valence electrons. The molecule has 1 aliphatic rings. The highest BCUT2D eigenvalue weighted by Crippen LogP contribution is 2.30. The number of carbonyl (C=O) groups excluding carboxylic acids is 1. The molecule has 2 N–H and O–H groups in total. The summed E-state index contributed by atoms with van der Waals surface area (Å²) in [6.07, 6.45) is 2.66. The second-order valence-corrected chi connectivity index (χ2v) is 6.46. The summed E-state index contributed by atoms with van der Waals surface area (Å²) >= 11 is 0. The van der Waals surface area contributed by atoms with Crippen molar-refractivity contribution in [3.05, 3.63) is 47.5 Å². The van der Waals surface area contributed by atoms with Crippen LogP contribution < -0.4 is 10.2 Å². The number of nitrogens with zero attached hydrogens (tertiary/aromatic N) is 3. The lowest BCUT2D eigenvalue weighted by molar-refractivity contribution is 0.0930. The summed E-state index contributed by atoms with van der Waals surface area (Å²) in [5, 5.41) is 16.6. The topological polar surface area (TPSA) is 70.4 Å². The number of amides is 1. The van der Waals surface area contributed by atoms with E-state index in [1.807, 2.05) is 6.92 Å². The first-order valence-electron chi connectivity index (χ1n) is 8.47. The van der Waals surface area contributed by atoms with E-state index in [0.29, 0.717) is 31.6 Å². The van der Waals surface area contributed by atoms with Gasteiger partial charge in [0, 0.05) is 37.6 Å². The first kappa shape index (κ1) is 17.4. The normalized spacial score (nSPS) is 16.7. The zero-order chi connectivity index (χ0) is 18.0. The van der Waals surface area contributed by atoms with Gasteiger partial charge in [-0.1, -0.05) is 0 Å². The Kier molecular flexibility index (Phi) is 5.03. The molecule has 7 heteroatoms. The van der Waals surface area contributed by atoms with Gasteiger partial charge in [-0.2, -0.15) is 5.10 Å². The number of hydrogen-bond donors (Lipinski definition) is 2. The molecule has 0 saturated carbocycles. The predicted molar refractivity (Wildman–Crippen MR) is 92.9 cm³/mol. The van der Waals surface area contributed by atoms with Gasteiger partial charge in [0.05, 0.1) is 12.1 Å². The molecular formula is C18H23FN4O2. The molecule has 0 bridgehead atoms. The molecule has 1 fully saturated rings. The molecule has 3 rings (SSSR count). The van der Waals surface area contributed by atoms with Crippen LogP contribution in [0.2, 0.25) is 0 Å². The van der Waals surface area contributed by atoms with Crippen molar-refractivity contribution in [2.75, 3.05) is 18.0 Å². The fraction of sp³-hybridized carbons (Fsp3) is 0.444. The van der Waals surface area contributed by atoms with Crippen molar-refractivity contribution >= 4 is 11.6 Å². The van der Waals surface area contributed by atoms with Gasteiger partial charge < -0.3 is 15.3 Å². The van der Waals surface area contributed by atoms with Gasteiger partial charge in [0.25, 0.3) is 5.91 Å². The molecule has 1 amide bonds. The molecule has 1 unspecified atom stereocenters. The Balaban J connectivity index is 1.81.